The number of rotatable bonds is 6. The minimum Gasteiger partial charge on any atom is -0.497 e. The normalized spacial score (nSPS) is 22.2. The average Bonchev–Trinajstić information content (AvgIpc) is 2.83. The van der Waals surface area contributed by atoms with Crippen LogP contribution in [0, 0.1) is 5.92 Å². The van der Waals surface area contributed by atoms with Gasteiger partial charge in [-0.05, 0) is 42.7 Å². The maximum atomic E-state index is 13.1. The van der Waals surface area contributed by atoms with Gasteiger partial charge in [0.05, 0.1) is 39.1 Å². The molecule has 0 aromatic heterocycles. The number of ketones is 1. The monoisotopic (exact) mass is 438 g/mol. The predicted molar refractivity (Wildman–Crippen MR) is 117 cm³/mol. The molecule has 1 heterocycles. The molecule has 1 fully saturated rings. The van der Waals surface area contributed by atoms with Crippen LogP contribution in [-0.4, -0.2) is 45.3 Å². The minimum absolute atomic E-state index is 0.0580. The van der Waals surface area contributed by atoms with E-state index in [1.165, 1.54) is 20.5 Å². The van der Waals surface area contributed by atoms with Gasteiger partial charge in [-0.15, -0.1) is 0 Å². The van der Waals surface area contributed by atoms with Gasteiger partial charge in [0.2, 0.25) is 0 Å². The topological polar surface area (TPSA) is 80.3 Å². The lowest BCUT2D eigenvalue weighted by Gasteiger charge is -2.37. The van der Waals surface area contributed by atoms with Crippen LogP contribution in [0.15, 0.2) is 48.7 Å². The zero-order valence-electron chi connectivity index (χ0n) is 18.3. The molecule has 0 spiro atoms. The van der Waals surface area contributed by atoms with Crippen molar-refractivity contribution in [2.75, 3.05) is 21.3 Å². The first-order valence-electron chi connectivity index (χ1n) is 10.5. The van der Waals surface area contributed by atoms with Crippen LogP contribution in [0.4, 0.5) is 0 Å². The molecule has 1 saturated carbocycles. The molecule has 1 aliphatic heterocycles. The van der Waals surface area contributed by atoms with Crippen molar-refractivity contribution in [1.82, 2.24) is 0 Å². The molecule has 32 heavy (non-hydrogen) atoms. The molecule has 3 atom stereocenters. The Morgan fingerprint density at radius 2 is 1.62 bits per heavy atom. The van der Waals surface area contributed by atoms with E-state index < -0.39 is 5.97 Å². The van der Waals surface area contributed by atoms with Gasteiger partial charge in [-0.1, -0.05) is 18.2 Å². The molecule has 168 valence electrons. The number of hydrogen-bond acceptors (Lipinski definition) is 7. The molecule has 2 aliphatic rings. The van der Waals surface area contributed by atoms with E-state index in [0.29, 0.717) is 36.3 Å². The number of hydrogen-bond donors (Lipinski definition) is 0. The molecule has 0 N–H and O–H groups in total. The number of methoxy groups -OCH3 is 3. The molecule has 4 rings (SSSR count). The van der Waals surface area contributed by atoms with Gasteiger partial charge in [0.1, 0.15) is 35.0 Å². The summed E-state index contributed by atoms with van der Waals surface area (Å²) >= 11 is 0. The minimum atomic E-state index is -0.514. The number of fused-ring (bicyclic) bond motifs is 1. The second-order valence-corrected chi connectivity index (χ2v) is 7.78. The summed E-state index contributed by atoms with van der Waals surface area (Å²) in [7, 11) is 4.58. The molecule has 0 amide bonds. The van der Waals surface area contributed by atoms with Crippen LogP contribution < -0.4 is 14.2 Å². The summed E-state index contributed by atoms with van der Waals surface area (Å²) in [4.78, 5) is 26.0. The molecule has 1 aliphatic carbocycles. The predicted octanol–water partition coefficient (Wildman–Crippen LogP) is 4.05. The quantitative estimate of drug-likeness (QED) is 0.630. The van der Waals surface area contributed by atoms with Crippen molar-refractivity contribution in [2.24, 2.45) is 5.92 Å². The lowest BCUT2D eigenvalue weighted by atomic mass is 9.78. The maximum absolute atomic E-state index is 13.1. The van der Waals surface area contributed by atoms with Gasteiger partial charge >= 0.3 is 5.97 Å². The van der Waals surface area contributed by atoms with Crippen molar-refractivity contribution < 1.29 is 33.3 Å². The summed E-state index contributed by atoms with van der Waals surface area (Å²) in [6, 6.07) is 12.4. The number of carbonyl (C=O) groups is 2. The zero-order chi connectivity index (χ0) is 22.7. The number of benzene rings is 2. The highest BCUT2D eigenvalue weighted by molar-refractivity contribution is 6.22. The molecule has 3 unspecified atom stereocenters. The van der Waals surface area contributed by atoms with E-state index in [-0.39, 0.29) is 29.5 Å². The van der Waals surface area contributed by atoms with Crippen molar-refractivity contribution in [3.63, 3.8) is 0 Å². The molecular weight excluding hydrogens is 412 g/mol. The van der Waals surface area contributed by atoms with E-state index in [2.05, 4.69) is 0 Å². The molecule has 0 radical (unpaired) electrons. The van der Waals surface area contributed by atoms with E-state index in [1.807, 2.05) is 24.3 Å². The Bertz CT molecular complexity index is 1000. The van der Waals surface area contributed by atoms with Crippen LogP contribution in [0.1, 0.15) is 35.2 Å². The van der Waals surface area contributed by atoms with Crippen molar-refractivity contribution in [3.05, 3.63) is 59.9 Å². The Balaban J connectivity index is 1.45. The highest BCUT2D eigenvalue weighted by Crippen LogP contribution is 2.38. The summed E-state index contributed by atoms with van der Waals surface area (Å²) in [6.07, 6.45) is 2.45. The molecule has 7 nitrogen and oxygen atoms in total. The first kappa shape index (κ1) is 21.7. The van der Waals surface area contributed by atoms with E-state index in [9.17, 15) is 9.59 Å². The fraction of sp³-hybridized carbons (Fsp3) is 0.360. The van der Waals surface area contributed by atoms with Gasteiger partial charge in [0.15, 0.2) is 5.78 Å². The Kier molecular flexibility index (Phi) is 6.35. The summed E-state index contributed by atoms with van der Waals surface area (Å²) in [5.74, 6) is 0.790. The van der Waals surface area contributed by atoms with Crippen LogP contribution in [0.5, 0.6) is 17.2 Å². The lowest BCUT2D eigenvalue weighted by molar-refractivity contribution is -0.126. The highest BCUT2D eigenvalue weighted by Gasteiger charge is 2.41. The third kappa shape index (κ3) is 4.15. The average molecular weight is 438 g/mol. The van der Waals surface area contributed by atoms with Crippen molar-refractivity contribution in [2.45, 2.75) is 31.5 Å². The fourth-order valence-corrected chi connectivity index (χ4v) is 4.31. The number of allylic oxidation sites excluding steroid dienone is 1. The van der Waals surface area contributed by atoms with E-state index >= 15 is 0 Å². The number of ether oxygens (including phenoxy) is 5. The smallest absolute Gasteiger partial charge is 0.346 e. The standard InChI is InChI=1S/C25H26O7/c1-28-16-9-7-15(8-10-16)19-14-31-22-13-17(11-12-18(22)24(19)26)32-25(27)23-20(29-2)5-4-6-21(23)30-3/h4-10,14,17-18,22H,11-13H2,1-3H3. The second-order valence-electron chi connectivity index (χ2n) is 7.78. The summed E-state index contributed by atoms with van der Waals surface area (Å²) in [5, 5.41) is 0. The van der Waals surface area contributed by atoms with Crippen LogP contribution in [0.25, 0.3) is 5.57 Å². The van der Waals surface area contributed by atoms with Gasteiger partial charge < -0.3 is 23.7 Å². The van der Waals surface area contributed by atoms with Gasteiger partial charge in [0.25, 0.3) is 0 Å². The molecule has 2 aromatic carbocycles. The molecule has 2 aromatic rings. The lowest BCUT2D eigenvalue weighted by Crippen LogP contribution is -2.42. The van der Waals surface area contributed by atoms with Crippen LogP contribution >= 0.6 is 0 Å². The number of carbonyl (C=O) groups excluding carboxylic acids is 2. The molecular formula is C25H26O7. The summed E-state index contributed by atoms with van der Waals surface area (Å²) in [6.45, 7) is 0. The van der Waals surface area contributed by atoms with Gasteiger partial charge in [-0.3, -0.25) is 4.79 Å². The third-order valence-corrected chi connectivity index (χ3v) is 6.01. The van der Waals surface area contributed by atoms with Gasteiger partial charge in [-0.25, -0.2) is 4.79 Å². The van der Waals surface area contributed by atoms with Crippen LogP contribution in [-0.2, 0) is 14.3 Å². The maximum Gasteiger partial charge on any atom is 0.346 e. The molecule has 7 heteroatoms. The SMILES string of the molecule is COc1ccc(C2=COC3CC(OC(=O)c4c(OC)cccc4OC)CCC3C2=O)cc1. The van der Waals surface area contributed by atoms with Crippen molar-refractivity contribution in [1.29, 1.82) is 0 Å². The van der Waals surface area contributed by atoms with Gasteiger partial charge in [0, 0.05) is 6.42 Å². The van der Waals surface area contributed by atoms with Crippen molar-refractivity contribution >= 4 is 17.3 Å². The molecule has 0 bridgehead atoms. The second kappa shape index (κ2) is 9.34. The number of Topliss-reactive ketones (excluding diaryl/α,β-unsaturated/α-hetero) is 1. The zero-order valence-corrected chi connectivity index (χ0v) is 18.3. The van der Waals surface area contributed by atoms with E-state index in [0.717, 1.165) is 11.3 Å². The van der Waals surface area contributed by atoms with Crippen LogP contribution in [0.2, 0.25) is 0 Å². The van der Waals surface area contributed by atoms with E-state index in [4.69, 9.17) is 23.7 Å². The van der Waals surface area contributed by atoms with E-state index in [1.54, 1.807) is 25.3 Å². The van der Waals surface area contributed by atoms with Gasteiger partial charge in [-0.2, -0.15) is 0 Å². The Morgan fingerprint density at radius 3 is 2.25 bits per heavy atom. The Hall–Kier alpha value is -3.48. The first-order chi connectivity index (χ1) is 15.5. The Labute approximate surface area is 186 Å². The summed E-state index contributed by atoms with van der Waals surface area (Å²) < 4.78 is 27.5. The highest BCUT2D eigenvalue weighted by atomic mass is 16.6. The molecule has 0 saturated heterocycles. The van der Waals surface area contributed by atoms with Crippen LogP contribution in [0.3, 0.4) is 0 Å². The number of esters is 1. The fourth-order valence-electron chi connectivity index (χ4n) is 4.31. The first-order valence-corrected chi connectivity index (χ1v) is 10.5. The third-order valence-electron chi connectivity index (χ3n) is 6.01. The van der Waals surface area contributed by atoms with Crippen molar-refractivity contribution in [3.8, 4) is 17.2 Å². The Morgan fingerprint density at radius 1 is 0.938 bits per heavy atom. The largest absolute Gasteiger partial charge is 0.497 e. The summed E-state index contributed by atoms with van der Waals surface area (Å²) in [5.41, 5.74) is 1.61.